The van der Waals surface area contributed by atoms with E-state index in [-0.39, 0.29) is 35.6 Å². The van der Waals surface area contributed by atoms with E-state index in [1.165, 1.54) is 82.4 Å². The predicted molar refractivity (Wildman–Crippen MR) is 189 cm³/mol. The Hall–Kier alpha value is -2.38. The Morgan fingerprint density at radius 2 is 1.13 bits per heavy atom. The van der Waals surface area contributed by atoms with Gasteiger partial charge in [0.1, 0.15) is 0 Å². The molecule has 5 aromatic carbocycles. The number of allylic oxidation sites excluding steroid dienone is 6. The van der Waals surface area contributed by atoms with E-state index in [2.05, 4.69) is 94.5 Å². The van der Waals surface area contributed by atoms with Crippen molar-refractivity contribution >= 4 is 60.1 Å². The van der Waals surface area contributed by atoms with E-state index in [4.69, 9.17) is 23.2 Å². The second-order valence-corrected chi connectivity index (χ2v) is 14.8. The topological polar surface area (TPSA) is 0 Å². The molecule has 0 fully saturated rings. The molecule has 0 saturated heterocycles. The fraction of sp³-hybridized carbons (Fsp3) is 0.171. The van der Waals surface area contributed by atoms with Crippen LogP contribution in [0.25, 0.3) is 33.7 Å². The first-order valence-electron chi connectivity index (χ1n) is 14.9. The molecule has 0 nitrogen and oxygen atoms in total. The molecule has 3 aliphatic carbocycles. The first-order chi connectivity index (χ1) is 21.0. The average Bonchev–Trinajstić information content (AvgIpc) is 3.80. The number of hydrogen-bond acceptors (Lipinski definition) is 0. The fourth-order valence-electron chi connectivity index (χ4n) is 6.05. The van der Waals surface area contributed by atoms with Crippen LogP contribution in [0.4, 0.5) is 0 Å². The Balaban J connectivity index is 0.000000183. The van der Waals surface area contributed by atoms with Crippen LogP contribution in [0.5, 0.6) is 0 Å². The van der Waals surface area contributed by atoms with Crippen LogP contribution < -0.4 is 24.8 Å². The van der Waals surface area contributed by atoms with Crippen LogP contribution in [0.1, 0.15) is 67.5 Å². The molecular weight excluding hydrogens is 725 g/mol. The molecule has 0 atom stereocenters. The van der Waals surface area contributed by atoms with Gasteiger partial charge in [-0.05, 0) is 11.1 Å². The molecule has 0 aliphatic heterocycles. The molecule has 46 heavy (non-hydrogen) atoms. The van der Waals surface area contributed by atoms with Gasteiger partial charge >= 0.3 is 120 Å². The first kappa shape index (κ1) is 36.5. The normalized spacial score (nSPS) is 15.3. The molecule has 0 unspecified atom stereocenters. The van der Waals surface area contributed by atoms with Gasteiger partial charge < -0.3 is 24.8 Å². The summed E-state index contributed by atoms with van der Waals surface area (Å²) < 4.78 is 1.31. The van der Waals surface area contributed by atoms with Crippen molar-refractivity contribution in [3.05, 3.63) is 159 Å². The predicted octanol–water partition coefficient (Wildman–Crippen LogP) is 5.74. The van der Waals surface area contributed by atoms with Gasteiger partial charge in [0.25, 0.3) is 0 Å². The minimum atomic E-state index is 0. The Morgan fingerprint density at radius 1 is 0.696 bits per heavy atom. The number of benzene rings is 4. The molecular formula is C41H34Cl4Zr-2. The van der Waals surface area contributed by atoms with Crippen LogP contribution in [0.2, 0.25) is 10.0 Å². The van der Waals surface area contributed by atoms with Gasteiger partial charge in [0.2, 0.25) is 0 Å². The zero-order valence-electron chi connectivity index (χ0n) is 26.3. The van der Waals surface area contributed by atoms with Crippen molar-refractivity contribution in [2.45, 2.75) is 44.9 Å². The largest absolute Gasteiger partial charge is 1.00 e. The number of hydrogen-bond donors (Lipinski definition) is 0. The van der Waals surface area contributed by atoms with Crippen molar-refractivity contribution < 1.29 is 49.0 Å². The summed E-state index contributed by atoms with van der Waals surface area (Å²) in [4.78, 5) is 0. The van der Waals surface area contributed by atoms with Crippen LogP contribution in [-0.4, -0.2) is 3.21 Å². The van der Waals surface area contributed by atoms with Gasteiger partial charge in [-0.2, -0.15) is 6.08 Å². The van der Waals surface area contributed by atoms with E-state index in [9.17, 15) is 0 Å². The maximum absolute atomic E-state index is 5.86. The Labute approximate surface area is 310 Å². The van der Waals surface area contributed by atoms with Gasteiger partial charge in [-0.25, -0.2) is 12.2 Å². The molecule has 232 valence electrons. The summed E-state index contributed by atoms with van der Waals surface area (Å²) in [5.74, 6) is 0. The van der Waals surface area contributed by atoms with E-state index in [0.29, 0.717) is 0 Å². The van der Waals surface area contributed by atoms with Crippen LogP contribution in [0, 0.1) is 6.08 Å². The monoisotopic (exact) mass is 756 g/mol. The number of rotatable bonds is 2. The summed E-state index contributed by atoms with van der Waals surface area (Å²) in [5.41, 5.74) is 8.40. The molecule has 0 bridgehead atoms. The van der Waals surface area contributed by atoms with Crippen molar-refractivity contribution in [3.63, 3.8) is 0 Å². The molecule has 5 aromatic rings. The smallest absolute Gasteiger partial charge is 0.109 e. The van der Waals surface area contributed by atoms with Gasteiger partial charge in [0, 0.05) is 10.8 Å². The fourth-order valence-corrected chi connectivity index (χ4v) is 7.12. The molecule has 0 aromatic heterocycles. The molecule has 0 saturated carbocycles. The van der Waals surface area contributed by atoms with E-state index in [1.54, 1.807) is 0 Å². The number of fused-ring (bicyclic) bond motifs is 5. The first-order valence-corrected chi connectivity index (χ1v) is 16.9. The standard InChI is InChI=1S/C23H21.C13H8Cl2.C5H5.2ClH.Zr/c1-22(2)7-5-14-10-18-16(12-20(14)22)9-17-13-21-15(11-19(17)18)6-8-23(21,3)4;14-12-5-1-10(2-6-12)9-11-3-7-13(15)8-4-11;1-2-4-5-3-1;;;/h5-13H,1-4H3;1-8H;1-3H,4H2;2*1H;/q-1;;-1;;;+2/p-2. The van der Waals surface area contributed by atoms with Gasteiger partial charge in [-0.15, -0.1) is 46.2 Å². The van der Waals surface area contributed by atoms with E-state index in [0.717, 1.165) is 16.5 Å². The average molecular weight is 760 g/mol. The quantitative estimate of drug-likeness (QED) is 0.202. The summed E-state index contributed by atoms with van der Waals surface area (Å²) in [6.07, 6.45) is 19.2. The Morgan fingerprint density at radius 3 is 1.48 bits per heavy atom. The Bertz CT molecular complexity index is 1860. The molecule has 0 amide bonds. The molecule has 3 aliphatic rings. The molecule has 8 rings (SSSR count). The molecule has 0 heterocycles. The van der Waals surface area contributed by atoms with Gasteiger partial charge in [-0.3, -0.25) is 6.08 Å². The van der Waals surface area contributed by atoms with Crippen LogP contribution in [-0.2, 0) is 35.1 Å². The van der Waals surface area contributed by atoms with Crippen molar-refractivity contribution in [3.8, 4) is 0 Å². The van der Waals surface area contributed by atoms with E-state index in [1.807, 2.05) is 60.7 Å². The zero-order valence-corrected chi connectivity index (χ0v) is 31.7. The van der Waals surface area contributed by atoms with Crippen molar-refractivity contribution in [1.29, 1.82) is 0 Å². The van der Waals surface area contributed by atoms with E-state index >= 15 is 0 Å². The van der Waals surface area contributed by atoms with Gasteiger partial charge in [0.15, 0.2) is 0 Å². The summed E-state index contributed by atoms with van der Waals surface area (Å²) in [7, 11) is 0. The maximum atomic E-state index is 5.86. The third-order valence-corrected chi connectivity index (χ3v) is 10.6. The molecule has 5 heteroatoms. The second-order valence-electron chi connectivity index (χ2n) is 12.7. The van der Waals surface area contributed by atoms with E-state index < -0.39 is 0 Å². The van der Waals surface area contributed by atoms with Gasteiger partial charge in [0.05, 0.1) is 0 Å². The van der Waals surface area contributed by atoms with Crippen LogP contribution >= 0.6 is 23.2 Å². The summed E-state index contributed by atoms with van der Waals surface area (Å²) in [5, 5.41) is 7.07. The summed E-state index contributed by atoms with van der Waals surface area (Å²) in [6.45, 7) is 9.19. The minimum absolute atomic E-state index is 0. The third kappa shape index (κ3) is 7.67. The van der Waals surface area contributed by atoms with Crippen LogP contribution in [0.3, 0.4) is 0 Å². The van der Waals surface area contributed by atoms with Crippen molar-refractivity contribution in [2.75, 3.05) is 0 Å². The summed E-state index contributed by atoms with van der Waals surface area (Å²) in [6, 6.07) is 27.8. The van der Waals surface area contributed by atoms with Crippen molar-refractivity contribution in [2.24, 2.45) is 0 Å². The summed E-state index contributed by atoms with van der Waals surface area (Å²) >= 11 is 13.1. The third-order valence-electron chi connectivity index (χ3n) is 8.64. The minimum Gasteiger partial charge on any atom is -1.00 e. The zero-order chi connectivity index (χ0) is 31.1. The molecule has 0 radical (unpaired) electrons. The molecule has 0 spiro atoms. The maximum Gasteiger partial charge on any atom is -0.109 e. The van der Waals surface area contributed by atoms with Crippen molar-refractivity contribution in [1.82, 2.24) is 0 Å². The SMILES string of the molecule is CC1(C)C=Cc2cc3c(cc21)[cH-]c1cc2c(cc13)C=CC2(C)C.Clc1ccc([C](=[Zr+2])c2ccc(Cl)cc2)cc1.[C-]1=CC=CC1.[Cl-].[Cl-]. The Kier molecular flexibility index (Phi) is 11.7. The number of halogens is 4. The molecule has 0 N–H and O–H groups in total. The second kappa shape index (κ2) is 14.8. The van der Waals surface area contributed by atoms with Gasteiger partial charge in [-0.1, -0.05) is 75.3 Å². The van der Waals surface area contributed by atoms with Crippen LogP contribution in [0.15, 0.2) is 109 Å².